The molecule has 1 saturated heterocycles. The Hall–Kier alpha value is -3.52. The number of carbonyl (C=O) groups excluding carboxylic acids is 2. The van der Waals surface area contributed by atoms with Gasteiger partial charge in [-0.2, -0.15) is 0 Å². The first-order chi connectivity index (χ1) is 16.2. The van der Waals surface area contributed by atoms with Gasteiger partial charge in [-0.25, -0.2) is 0 Å². The van der Waals surface area contributed by atoms with E-state index in [2.05, 4.69) is 0 Å². The van der Waals surface area contributed by atoms with E-state index in [4.69, 9.17) is 14.2 Å². The fraction of sp³-hybridized carbons (Fsp3) is 0.385. The van der Waals surface area contributed by atoms with Gasteiger partial charge in [0.05, 0.1) is 32.9 Å². The lowest BCUT2D eigenvalue weighted by Crippen LogP contribution is -2.32. The van der Waals surface area contributed by atoms with Crippen LogP contribution >= 0.6 is 0 Å². The standard InChI is InChI=1S/C26H32N2O6/c1-16-14-18(32-4)9-10-19(16)24(29)22-23(17-8-11-20(33-5)21(15-17)34-6)28(26(31)25(22)30)13-7-12-27(2)3/h8-11,14-15,23,29H,7,12-13H2,1-6H3/b24-22+. The Morgan fingerprint density at radius 3 is 2.29 bits per heavy atom. The SMILES string of the molecule is COc1ccc(/C(O)=C2\C(=O)C(=O)N(CCCN(C)C)C2c2ccc(OC)c(OC)c2)c(C)c1. The van der Waals surface area contributed by atoms with Gasteiger partial charge in [-0.1, -0.05) is 6.07 Å². The van der Waals surface area contributed by atoms with Crippen molar-refractivity contribution >= 4 is 17.4 Å². The fourth-order valence-corrected chi connectivity index (χ4v) is 4.21. The molecule has 1 unspecified atom stereocenters. The first kappa shape index (κ1) is 25.1. The molecule has 0 bridgehead atoms. The number of aryl methyl sites for hydroxylation is 1. The number of hydrogen-bond acceptors (Lipinski definition) is 7. The molecule has 0 aromatic heterocycles. The maximum Gasteiger partial charge on any atom is 0.295 e. The number of aliphatic hydroxyl groups is 1. The molecular weight excluding hydrogens is 436 g/mol. The van der Waals surface area contributed by atoms with Crippen LogP contribution in [-0.2, 0) is 9.59 Å². The number of hydrogen-bond donors (Lipinski definition) is 1. The van der Waals surface area contributed by atoms with E-state index in [1.807, 2.05) is 25.9 Å². The number of likely N-dealkylation sites (tertiary alicyclic amines) is 1. The molecule has 2 aromatic rings. The van der Waals surface area contributed by atoms with Crippen LogP contribution in [0.4, 0.5) is 0 Å². The Bertz CT molecular complexity index is 1110. The molecule has 1 aliphatic heterocycles. The van der Waals surface area contributed by atoms with Crippen molar-refractivity contribution in [2.24, 2.45) is 0 Å². The minimum absolute atomic E-state index is 0.0512. The summed E-state index contributed by atoms with van der Waals surface area (Å²) in [6.07, 6.45) is 0.672. The molecular formula is C26H32N2O6. The maximum absolute atomic E-state index is 13.2. The lowest BCUT2D eigenvalue weighted by Gasteiger charge is -2.26. The number of nitrogens with zero attached hydrogens (tertiary/aromatic N) is 2. The van der Waals surface area contributed by atoms with E-state index < -0.39 is 17.7 Å². The first-order valence-electron chi connectivity index (χ1n) is 11.0. The summed E-state index contributed by atoms with van der Waals surface area (Å²) in [7, 11) is 8.52. The average Bonchev–Trinajstić information content (AvgIpc) is 3.07. The van der Waals surface area contributed by atoms with Gasteiger partial charge in [-0.3, -0.25) is 9.59 Å². The smallest absolute Gasteiger partial charge is 0.295 e. The molecule has 0 radical (unpaired) electrons. The molecule has 1 aliphatic rings. The Morgan fingerprint density at radius 2 is 1.71 bits per heavy atom. The predicted octanol–water partition coefficient (Wildman–Crippen LogP) is 3.39. The molecule has 8 heteroatoms. The maximum atomic E-state index is 13.2. The van der Waals surface area contributed by atoms with E-state index >= 15 is 0 Å². The second-order valence-corrected chi connectivity index (χ2v) is 8.44. The van der Waals surface area contributed by atoms with E-state index in [0.717, 1.165) is 12.1 Å². The number of rotatable bonds is 9. The Balaban J connectivity index is 2.17. The number of Topliss-reactive ketones (excluding diaryl/α,β-unsaturated/α-hetero) is 1. The van der Waals surface area contributed by atoms with Crippen LogP contribution < -0.4 is 14.2 Å². The Labute approximate surface area is 200 Å². The number of ketones is 1. The molecule has 1 amide bonds. The van der Waals surface area contributed by atoms with Crippen molar-refractivity contribution in [1.82, 2.24) is 9.80 Å². The molecule has 0 aliphatic carbocycles. The largest absolute Gasteiger partial charge is 0.507 e. The fourth-order valence-electron chi connectivity index (χ4n) is 4.21. The molecule has 182 valence electrons. The Kier molecular flexibility index (Phi) is 7.83. The highest BCUT2D eigenvalue weighted by Crippen LogP contribution is 2.42. The van der Waals surface area contributed by atoms with Crippen LogP contribution in [-0.4, -0.2) is 75.1 Å². The van der Waals surface area contributed by atoms with E-state index in [-0.39, 0.29) is 11.3 Å². The lowest BCUT2D eigenvalue weighted by molar-refractivity contribution is -0.139. The van der Waals surface area contributed by atoms with Gasteiger partial charge in [0, 0.05) is 12.1 Å². The van der Waals surface area contributed by atoms with Crippen LogP contribution in [0.3, 0.4) is 0 Å². The van der Waals surface area contributed by atoms with Crippen molar-refractivity contribution < 1.29 is 28.9 Å². The molecule has 2 aromatic carbocycles. The zero-order chi connectivity index (χ0) is 25.0. The van der Waals surface area contributed by atoms with Gasteiger partial charge >= 0.3 is 0 Å². The molecule has 1 heterocycles. The second kappa shape index (κ2) is 10.6. The Morgan fingerprint density at radius 1 is 1.00 bits per heavy atom. The van der Waals surface area contributed by atoms with Gasteiger partial charge in [0.15, 0.2) is 11.5 Å². The molecule has 0 spiro atoms. The van der Waals surface area contributed by atoms with Crippen molar-refractivity contribution in [3.8, 4) is 17.2 Å². The highest BCUT2D eigenvalue weighted by molar-refractivity contribution is 6.46. The normalized spacial score (nSPS) is 17.4. The molecule has 1 fully saturated rings. The highest BCUT2D eigenvalue weighted by Gasteiger charge is 2.46. The molecule has 1 atom stereocenters. The summed E-state index contributed by atoms with van der Waals surface area (Å²) >= 11 is 0. The number of amides is 1. The summed E-state index contributed by atoms with van der Waals surface area (Å²) < 4.78 is 16.0. The second-order valence-electron chi connectivity index (χ2n) is 8.44. The van der Waals surface area contributed by atoms with Crippen molar-refractivity contribution in [3.05, 3.63) is 58.7 Å². The lowest BCUT2D eigenvalue weighted by atomic mass is 9.93. The highest BCUT2D eigenvalue weighted by atomic mass is 16.5. The summed E-state index contributed by atoms with van der Waals surface area (Å²) in [5.41, 5.74) is 1.89. The molecule has 8 nitrogen and oxygen atoms in total. The summed E-state index contributed by atoms with van der Waals surface area (Å²) in [6, 6.07) is 9.66. The van der Waals surface area contributed by atoms with Crippen molar-refractivity contribution in [3.63, 3.8) is 0 Å². The topological polar surface area (TPSA) is 88.5 Å². The number of methoxy groups -OCH3 is 3. The number of carbonyl (C=O) groups is 2. The summed E-state index contributed by atoms with van der Waals surface area (Å²) in [5.74, 6) is 0.0768. The molecule has 34 heavy (non-hydrogen) atoms. The minimum atomic E-state index is -0.761. The van der Waals surface area contributed by atoms with E-state index in [9.17, 15) is 14.7 Å². The van der Waals surface area contributed by atoms with Gasteiger partial charge in [0.25, 0.3) is 11.7 Å². The van der Waals surface area contributed by atoms with Gasteiger partial charge in [-0.15, -0.1) is 0 Å². The van der Waals surface area contributed by atoms with E-state index in [1.165, 1.54) is 19.1 Å². The van der Waals surface area contributed by atoms with Gasteiger partial charge in [0.2, 0.25) is 0 Å². The van der Waals surface area contributed by atoms with Crippen LogP contribution in [0.1, 0.15) is 29.2 Å². The average molecular weight is 469 g/mol. The number of benzene rings is 2. The number of aliphatic hydroxyl groups excluding tert-OH is 1. The van der Waals surface area contributed by atoms with E-state index in [0.29, 0.717) is 41.3 Å². The summed E-state index contributed by atoms with van der Waals surface area (Å²) in [4.78, 5) is 29.9. The summed E-state index contributed by atoms with van der Waals surface area (Å²) in [5, 5.41) is 11.3. The van der Waals surface area contributed by atoms with Crippen LogP contribution in [0.5, 0.6) is 17.2 Å². The zero-order valence-corrected chi connectivity index (χ0v) is 20.5. The van der Waals surface area contributed by atoms with Crippen molar-refractivity contribution in [2.45, 2.75) is 19.4 Å². The van der Waals surface area contributed by atoms with Crippen molar-refractivity contribution in [2.75, 3.05) is 48.5 Å². The zero-order valence-electron chi connectivity index (χ0n) is 20.5. The third kappa shape index (κ3) is 4.87. The molecule has 1 N–H and O–H groups in total. The monoisotopic (exact) mass is 468 g/mol. The molecule has 3 rings (SSSR count). The van der Waals surface area contributed by atoms with Gasteiger partial charge in [-0.05, 0) is 75.4 Å². The van der Waals surface area contributed by atoms with Crippen LogP contribution in [0.15, 0.2) is 42.0 Å². The minimum Gasteiger partial charge on any atom is -0.507 e. The van der Waals surface area contributed by atoms with Crippen LogP contribution in [0.25, 0.3) is 5.76 Å². The third-order valence-corrected chi connectivity index (χ3v) is 5.96. The first-order valence-corrected chi connectivity index (χ1v) is 11.0. The van der Waals surface area contributed by atoms with Gasteiger partial charge in [0.1, 0.15) is 11.5 Å². The van der Waals surface area contributed by atoms with Crippen molar-refractivity contribution in [1.29, 1.82) is 0 Å². The quantitative estimate of drug-likeness (QED) is 0.343. The predicted molar refractivity (Wildman–Crippen MR) is 129 cm³/mol. The van der Waals surface area contributed by atoms with Crippen LogP contribution in [0.2, 0.25) is 0 Å². The number of ether oxygens (including phenoxy) is 3. The van der Waals surface area contributed by atoms with E-state index in [1.54, 1.807) is 43.5 Å². The summed E-state index contributed by atoms with van der Waals surface area (Å²) in [6.45, 7) is 2.93. The van der Waals surface area contributed by atoms with Gasteiger partial charge < -0.3 is 29.1 Å². The third-order valence-electron chi connectivity index (χ3n) is 5.96. The van der Waals surface area contributed by atoms with Crippen LogP contribution in [0, 0.1) is 6.92 Å². The molecule has 0 saturated carbocycles.